The summed E-state index contributed by atoms with van der Waals surface area (Å²) in [6.07, 6.45) is 4.64. The van der Waals surface area contributed by atoms with Crippen molar-refractivity contribution in [2.24, 2.45) is 5.92 Å². The number of carbonyl (C=O) groups excluding carboxylic acids is 2. The Balaban J connectivity index is 1.77. The van der Waals surface area contributed by atoms with E-state index >= 15 is 0 Å². The summed E-state index contributed by atoms with van der Waals surface area (Å²) in [5, 5.41) is 6.23. The van der Waals surface area contributed by atoms with Crippen molar-refractivity contribution in [1.29, 1.82) is 0 Å². The highest BCUT2D eigenvalue weighted by atomic mass is 32.2. The second-order valence-electron chi connectivity index (χ2n) is 9.86. The summed E-state index contributed by atoms with van der Waals surface area (Å²) in [5.74, 6) is -1.10. The maximum absolute atomic E-state index is 14.0. The van der Waals surface area contributed by atoms with Crippen LogP contribution in [0.5, 0.6) is 0 Å². The number of fused-ring (bicyclic) bond motifs is 1. The van der Waals surface area contributed by atoms with Gasteiger partial charge in [-0.05, 0) is 93.4 Å². The Bertz CT molecular complexity index is 1220. The number of piperidine rings is 1. The largest absolute Gasteiger partial charge is 0.322 e. The van der Waals surface area contributed by atoms with Gasteiger partial charge in [-0.2, -0.15) is 0 Å². The van der Waals surface area contributed by atoms with Gasteiger partial charge in [-0.1, -0.05) is 32.0 Å². The average molecular weight is 498 g/mol. The predicted molar refractivity (Wildman–Crippen MR) is 137 cm³/mol. The number of nitrogens with one attached hydrogen (secondary N) is 2. The molecule has 2 aromatic carbocycles. The van der Waals surface area contributed by atoms with Gasteiger partial charge in [0.2, 0.25) is 5.91 Å². The van der Waals surface area contributed by atoms with E-state index in [1.807, 2.05) is 25.1 Å². The van der Waals surface area contributed by atoms with Crippen molar-refractivity contribution in [2.45, 2.75) is 70.2 Å². The molecule has 0 bridgehead atoms. The number of nitrogens with zero attached hydrogens (tertiary/aromatic N) is 1. The van der Waals surface area contributed by atoms with Crippen molar-refractivity contribution in [1.82, 2.24) is 9.62 Å². The van der Waals surface area contributed by atoms with Gasteiger partial charge in [0.15, 0.2) is 0 Å². The lowest BCUT2D eigenvalue weighted by Gasteiger charge is -2.35. The van der Waals surface area contributed by atoms with Gasteiger partial charge in [0, 0.05) is 17.2 Å². The lowest BCUT2D eigenvalue weighted by Crippen LogP contribution is -2.50. The molecule has 2 aromatic rings. The topological polar surface area (TPSA) is 95.6 Å². The van der Waals surface area contributed by atoms with Gasteiger partial charge in [-0.15, -0.1) is 0 Å². The van der Waals surface area contributed by atoms with Gasteiger partial charge in [-0.3, -0.25) is 9.59 Å². The average Bonchev–Trinajstić information content (AvgIpc) is 2.84. The highest BCUT2D eigenvalue weighted by Crippen LogP contribution is 2.34. The Kier molecular flexibility index (Phi) is 7.62. The third kappa shape index (κ3) is 5.28. The molecule has 1 saturated heterocycles. The van der Waals surface area contributed by atoms with E-state index in [0.29, 0.717) is 37.2 Å². The first kappa shape index (κ1) is 25.4. The smallest absolute Gasteiger partial charge is 0.266 e. The zero-order valence-corrected chi connectivity index (χ0v) is 21.6. The first-order valence-corrected chi connectivity index (χ1v) is 14.0. The molecule has 2 aliphatic rings. The van der Waals surface area contributed by atoms with E-state index in [1.165, 1.54) is 0 Å². The van der Waals surface area contributed by atoms with Crippen LogP contribution in [0.15, 0.2) is 41.3 Å². The fourth-order valence-corrected chi connectivity index (χ4v) is 6.86. The van der Waals surface area contributed by atoms with E-state index in [0.717, 1.165) is 46.7 Å². The molecule has 1 heterocycles. The van der Waals surface area contributed by atoms with E-state index in [9.17, 15) is 18.0 Å². The maximum Gasteiger partial charge on any atom is 0.266 e. The maximum atomic E-state index is 14.0. The summed E-state index contributed by atoms with van der Waals surface area (Å²) in [5.41, 5.74) is 3.84. The minimum atomic E-state index is -4.10. The standard InChI is InChI=1S/C27H35N3O4S/c1-18(2)27(32)30(21-12-14-28-15-13-21)35(33,34)22-16-20-9-5-7-11-24(20)25(17-22)29-26(31)23-10-6-4-8-19(23)3/h4,6,8,10,16-18,21,28H,5,7,9,11-15H2,1-3H3,(H,29,31). The summed E-state index contributed by atoms with van der Waals surface area (Å²) in [6.45, 7) is 6.67. The van der Waals surface area contributed by atoms with Crippen LogP contribution in [-0.4, -0.2) is 43.7 Å². The molecule has 35 heavy (non-hydrogen) atoms. The molecule has 2 amide bonds. The lowest BCUT2D eigenvalue weighted by molar-refractivity contribution is -0.131. The minimum Gasteiger partial charge on any atom is -0.322 e. The van der Waals surface area contributed by atoms with Crippen molar-refractivity contribution >= 4 is 27.5 Å². The number of hydrogen-bond acceptors (Lipinski definition) is 5. The van der Waals surface area contributed by atoms with Gasteiger partial charge >= 0.3 is 0 Å². The van der Waals surface area contributed by atoms with E-state index < -0.39 is 15.9 Å². The molecule has 0 aromatic heterocycles. The highest BCUT2D eigenvalue weighted by molar-refractivity contribution is 7.89. The van der Waals surface area contributed by atoms with Crippen molar-refractivity contribution < 1.29 is 18.0 Å². The molecule has 188 valence electrons. The Labute approximate surface area is 208 Å². The second kappa shape index (κ2) is 10.5. The summed E-state index contributed by atoms with van der Waals surface area (Å²) in [6, 6.07) is 10.2. The van der Waals surface area contributed by atoms with Crippen molar-refractivity contribution in [3.05, 3.63) is 58.7 Å². The molecule has 0 spiro atoms. The Hall–Kier alpha value is -2.71. The zero-order chi connectivity index (χ0) is 25.2. The second-order valence-corrected chi connectivity index (χ2v) is 11.7. The third-order valence-electron chi connectivity index (χ3n) is 6.98. The number of anilines is 1. The molecule has 0 unspecified atom stereocenters. The molecule has 2 N–H and O–H groups in total. The number of aryl methyl sites for hydroxylation is 2. The molecule has 1 fully saturated rings. The van der Waals surface area contributed by atoms with Crippen LogP contribution in [0, 0.1) is 12.8 Å². The van der Waals surface area contributed by atoms with Gasteiger partial charge in [0.1, 0.15) is 0 Å². The van der Waals surface area contributed by atoms with Crippen LogP contribution in [0.4, 0.5) is 5.69 Å². The number of carbonyl (C=O) groups is 2. The summed E-state index contributed by atoms with van der Waals surface area (Å²) in [7, 11) is -4.10. The number of sulfonamides is 1. The monoisotopic (exact) mass is 497 g/mol. The van der Waals surface area contributed by atoms with Crippen molar-refractivity contribution in [3.63, 3.8) is 0 Å². The van der Waals surface area contributed by atoms with E-state index in [4.69, 9.17) is 0 Å². The Morgan fingerprint density at radius 2 is 1.74 bits per heavy atom. The van der Waals surface area contributed by atoms with Gasteiger partial charge in [0.05, 0.1) is 10.9 Å². The molecular formula is C27H35N3O4S. The van der Waals surface area contributed by atoms with Gasteiger partial charge < -0.3 is 10.6 Å². The van der Waals surface area contributed by atoms with Crippen molar-refractivity contribution in [3.8, 4) is 0 Å². The molecular weight excluding hydrogens is 462 g/mol. The van der Waals surface area contributed by atoms with Crippen LogP contribution in [0.3, 0.4) is 0 Å². The molecule has 0 saturated carbocycles. The molecule has 7 nitrogen and oxygen atoms in total. The van der Waals surface area contributed by atoms with E-state index in [1.54, 1.807) is 32.0 Å². The summed E-state index contributed by atoms with van der Waals surface area (Å²) >= 11 is 0. The van der Waals surface area contributed by atoms with E-state index in [-0.39, 0.29) is 22.8 Å². The molecule has 4 rings (SSSR count). The third-order valence-corrected chi connectivity index (χ3v) is 8.81. The van der Waals surface area contributed by atoms with Crippen LogP contribution in [0.25, 0.3) is 0 Å². The van der Waals surface area contributed by atoms with Gasteiger partial charge in [0.25, 0.3) is 15.9 Å². The quantitative estimate of drug-likeness (QED) is 0.628. The van der Waals surface area contributed by atoms with Crippen LogP contribution >= 0.6 is 0 Å². The fraction of sp³-hybridized carbons (Fsp3) is 0.481. The first-order chi connectivity index (χ1) is 16.7. The summed E-state index contributed by atoms with van der Waals surface area (Å²) < 4.78 is 29.1. The SMILES string of the molecule is Cc1ccccc1C(=O)Nc1cc(S(=O)(=O)N(C(=O)C(C)C)C2CCNCC2)cc2c1CCCC2. The molecule has 1 aliphatic heterocycles. The highest BCUT2D eigenvalue weighted by Gasteiger charge is 2.38. The molecule has 0 atom stereocenters. The molecule has 0 radical (unpaired) electrons. The number of rotatable bonds is 6. The van der Waals surface area contributed by atoms with Crippen LogP contribution < -0.4 is 10.6 Å². The predicted octanol–water partition coefficient (Wildman–Crippen LogP) is 4.05. The van der Waals surface area contributed by atoms with E-state index in [2.05, 4.69) is 10.6 Å². The molecule has 8 heteroatoms. The van der Waals surface area contributed by atoms with Crippen LogP contribution in [0.2, 0.25) is 0 Å². The summed E-state index contributed by atoms with van der Waals surface area (Å²) in [4.78, 5) is 26.4. The lowest BCUT2D eigenvalue weighted by atomic mass is 9.90. The number of benzene rings is 2. The first-order valence-electron chi connectivity index (χ1n) is 12.5. The fourth-order valence-electron chi connectivity index (χ4n) is 5.02. The number of amides is 2. The number of hydrogen-bond donors (Lipinski definition) is 2. The Morgan fingerprint density at radius 1 is 1.06 bits per heavy atom. The van der Waals surface area contributed by atoms with Crippen LogP contribution in [-0.2, 0) is 27.7 Å². The minimum absolute atomic E-state index is 0.0748. The van der Waals surface area contributed by atoms with Crippen LogP contribution in [0.1, 0.15) is 66.6 Å². The Morgan fingerprint density at radius 3 is 2.43 bits per heavy atom. The van der Waals surface area contributed by atoms with Gasteiger partial charge in [-0.25, -0.2) is 12.7 Å². The molecule has 1 aliphatic carbocycles. The van der Waals surface area contributed by atoms with Crippen molar-refractivity contribution in [2.75, 3.05) is 18.4 Å². The normalized spacial score (nSPS) is 16.6. The zero-order valence-electron chi connectivity index (χ0n) is 20.8.